The van der Waals surface area contributed by atoms with Gasteiger partial charge in [-0.05, 0) is 32.6 Å². The zero-order chi connectivity index (χ0) is 17.8. The minimum atomic E-state index is -0.763. The van der Waals surface area contributed by atoms with Crippen LogP contribution < -0.4 is 5.32 Å². The Kier molecular flexibility index (Phi) is 5.16. The van der Waals surface area contributed by atoms with E-state index in [1.54, 1.807) is 6.20 Å². The first-order chi connectivity index (χ1) is 12.0. The van der Waals surface area contributed by atoms with Gasteiger partial charge in [-0.25, -0.2) is 4.98 Å². The van der Waals surface area contributed by atoms with Crippen molar-refractivity contribution < 1.29 is 19.1 Å². The lowest BCUT2D eigenvalue weighted by molar-refractivity contribution is -0.144. The first kappa shape index (κ1) is 17.2. The zero-order valence-corrected chi connectivity index (χ0v) is 14.1. The predicted octanol–water partition coefficient (Wildman–Crippen LogP) is 3.41. The van der Waals surface area contributed by atoms with Crippen LogP contribution in [0.15, 0.2) is 40.9 Å². The topological polar surface area (TPSA) is 92.4 Å². The molecule has 1 aromatic heterocycles. The first-order valence-corrected chi connectivity index (χ1v) is 8.59. The van der Waals surface area contributed by atoms with Crippen molar-refractivity contribution in [2.45, 2.75) is 38.6 Å². The molecule has 0 radical (unpaired) electrons. The van der Waals surface area contributed by atoms with Gasteiger partial charge in [0.15, 0.2) is 5.76 Å². The number of nitrogens with one attached hydrogen (secondary N) is 1. The van der Waals surface area contributed by atoms with Crippen molar-refractivity contribution in [1.29, 1.82) is 0 Å². The van der Waals surface area contributed by atoms with Gasteiger partial charge in [0, 0.05) is 11.5 Å². The van der Waals surface area contributed by atoms with Crippen LogP contribution >= 0.6 is 0 Å². The van der Waals surface area contributed by atoms with E-state index in [0.29, 0.717) is 37.3 Å². The third-order valence-corrected chi connectivity index (χ3v) is 4.76. The second kappa shape index (κ2) is 7.51. The summed E-state index contributed by atoms with van der Waals surface area (Å²) in [4.78, 5) is 27.7. The number of aromatic nitrogens is 1. The van der Waals surface area contributed by atoms with Crippen LogP contribution in [-0.2, 0) is 9.59 Å². The lowest BCUT2D eigenvalue weighted by atomic mass is 9.81. The number of carbonyl (C=O) groups is 2. The summed E-state index contributed by atoms with van der Waals surface area (Å²) in [5.74, 6) is -0.149. The van der Waals surface area contributed by atoms with Crippen LogP contribution in [0, 0.1) is 11.8 Å². The summed E-state index contributed by atoms with van der Waals surface area (Å²) in [5, 5.41) is 12.0. The molecule has 1 saturated carbocycles. The van der Waals surface area contributed by atoms with Crippen LogP contribution in [0.3, 0.4) is 0 Å². The average Bonchev–Trinajstić information content (AvgIpc) is 3.13. The van der Waals surface area contributed by atoms with E-state index in [1.807, 2.05) is 37.3 Å². The van der Waals surface area contributed by atoms with E-state index in [-0.39, 0.29) is 23.8 Å². The fraction of sp³-hybridized carbons (Fsp3) is 0.421. The van der Waals surface area contributed by atoms with Crippen molar-refractivity contribution in [3.05, 3.63) is 42.4 Å². The van der Waals surface area contributed by atoms with E-state index in [9.17, 15) is 9.59 Å². The number of hydrogen-bond donors (Lipinski definition) is 2. The van der Waals surface area contributed by atoms with Crippen molar-refractivity contribution in [3.63, 3.8) is 0 Å². The van der Waals surface area contributed by atoms with E-state index in [0.717, 1.165) is 5.56 Å². The molecular weight excluding hydrogens is 320 g/mol. The molecule has 1 amide bonds. The third-order valence-electron chi connectivity index (χ3n) is 4.76. The van der Waals surface area contributed by atoms with Gasteiger partial charge in [-0.3, -0.25) is 9.59 Å². The summed E-state index contributed by atoms with van der Waals surface area (Å²) in [6.07, 6.45) is 3.98. The Morgan fingerprint density at radius 3 is 2.44 bits per heavy atom. The highest BCUT2D eigenvalue weighted by molar-refractivity contribution is 5.79. The molecule has 1 atom stereocenters. The van der Waals surface area contributed by atoms with Crippen molar-refractivity contribution in [3.8, 4) is 11.3 Å². The summed E-state index contributed by atoms with van der Waals surface area (Å²) in [6.45, 7) is 1.83. The Bertz CT molecular complexity index is 733. The van der Waals surface area contributed by atoms with Gasteiger partial charge in [-0.1, -0.05) is 30.3 Å². The second-order valence-corrected chi connectivity index (χ2v) is 6.55. The molecule has 2 aromatic rings. The number of carbonyl (C=O) groups excluding carboxylic acids is 1. The van der Waals surface area contributed by atoms with Crippen molar-refractivity contribution in [1.82, 2.24) is 10.3 Å². The Labute approximate surface area is 146 Å². The molecule has 1 heterocycles. The van der Waals surface area contributed by atoms with Crippen molar-refractivity contribution in [2.24, 2.45) is 11.8 Å². The minimum absolute atomic E-state index is 0.0594. The summed E-state index contributed by atoms with van der Waals surface area (Å²) in [7, 11) is 0. The van der Waals surface area contributed by atoms with Gasteiger partial charge in [0.1, 0.15) is 6.04 Å². The molecule has 0 aliphatic heterocycles. The molecule has 2 N–H and O–H groups in total. The number of nitrogens with zero attached hydrogens (tertiary/aromatic N) is 1. The fourth-order valence-electron chi connectivity index (χ4n) is 3.22. The summed E-state index contributed by atoms with van der Waals surface area (Å²) >= 11 is 0. The van der Waals surface area contributed by atoms with Gasteiger partial charge in [0.05, 0.1) is 12.1 Å². The van der Waals surface area contributed by atoms with E-state index in [4.69, 9.17) is 9.52 Å². The lowest BCUT2D eigenvalue weighted by Gasteiger charge is -2.26. The summed E-state index contributed by atoms with van der Waals surface area (Å²) < 4.78 is 5.76. The maximum atomic E-state index is 12.4. The molecule has 0 saturated heterocycles. The van der Waals surface area contributed by atoms with Crippen molar-refractivity contribution in [2.75, 3.05) is 0 Å². The molecule has 1 unspecified atom stereocenters. The molecule has 1 aromatic carbocycles. The Balaban J connectivity index is 1.57. The van der Waals surface area contributed by atoms with E-state index in [1.165, 1.54) is 0 Å². The Hall–Kier alpha value is -2.63. The van der Waals surface area contributed by atoms with Crippen LogP contribution in [0.25, 0.3) is 11.3 Å². The third kappa shape index (κ3) is 4.07. The maximum absolute atomic E-state index is 12.4. The number of rotatable bonds is 5. The summed E-state index contributed by atoms with van der Waals surface area (Å²) in [6, 6.07) is 9.33. The normalized spacial score (nSPS) is 21.5. The van der Waals surface area contributed by atoms with Crippen LogP contribution in [0.4, 0.5) is 0 Å². The molecule has 25 heavy (non-hydrogen) atoms. The Morgan fingerprint density at radius 1 is 1.16 bits per heavy atom. The Morgan fingerprint density at radius 2 is 1.80 bits per heavy atom. The molecule has 132 valence electrons. The van der Waals surface area contributed by atoms with Crippen LogP contribution in [-0.4, -0.2) is 22.0 Å². The van der Waals surface area contributed by atoms with E-state index >= 15 is 0 Å². The quantitative estimate of drug-likeness (QED) is 0.868. The molecule has 0 spiro atoms. The number of amides is 1. The van der Waals surface area contributed by atoms with Gasteiger partial charge >= 0.3 is 5.97 Å². The average molecular weight is 342 g/mol. The monoisotopic (exact) mass is 342 g/mol. The molecule has 6 heteroatoms. The number of carboxylic acids is 1. The first-order valence-electron chi connectivity index (χ1n) is 8.59. The predicted molar refractivity (Wildman–Crippen MR) is 91.6 cm³/mol. The highest BCUT2D eigenvalue weighted by atomic mass is 16.4. The maximum Gasteiger partial charge on any atom is 0.306 e. The standard InChI is InChI=1S/C19H22N2O4/c1-12(18-20-11-16(25-18)13-5-3-2-4-6-13)21-17(22)14-7-9-15(10-8-14)19(23)24/h2-6,11-12,14-15H,7-10H2,1H3,(H,21,22)(H,23,24). The van der Waals surface area contributed by atoms with Crippen LogP contribution in [0.2, 0.25) is 0 Å². The van der Waals surface area contributed by atoms with Gasteiger partial charge in [0.2, 0.25) is 11.8 Å². The number of benzene rings is 1. The minimum Gasteiger partial charge on any atom is -0.481 e. The molecule has 1 aliphatic carbocycles. The van der Waals surface area contributed by atoms with Gasteiger partial charge in [0.25, 0.3) is 0 Å². The number of aliphatic carboxylic acids is 1. The van der Waals surface area contributed by atoms with Gasteiger partial charge in [-0.15, -0.1) is 0 Å². The number of hydrogen-bond acceptors (Lipinski definition) is 4. The SMILES string of the molecule is CC(NC(=O)C1CCC(C(=O)O)CC1)c1ncc(-c2ccccc2)o1. The number of oxazole rings is 1. The van der Waals surface area contributed by atoms with E-state index < -0.39 is 5.97 Å². The van der Waals surface area contributed by atoms with Gasteiger partial charge < -0.3 is 14.8 Å². The zero-order valence-electron chi connectivity index (χ0n) is 14.1. The molecule has 3 rings (SSSR count). The lowest BCUT2D eigenvalue weighted by Crippen LogP contribution is -2.35. The summed E-state index contributed by atoms with van der Waals surface area (Å²) in [5.41, 5.74) is 0.937. The van der Waals surface area contributed by atoms with Crippen molar-refractivity contribution >= 4 is 11.9 Å². The molecular formula is C19H22N2O4. The molecule has 1 fully saturated rings. The molecule has 0 bridgehead atoms. The highest BCUT2D eigenvalue weighted by Crippen LogP contribution is 2.30. The smallest absolute Gasteiger partial charge is 0.306 e. The molecule has 1 aliphatic rings. The highest BCUT2D eigenvalue weighted by Gasteiger charge is 2.30. The van der Waals surface area contributed by atoms with Crippen LogP contribution in [0.5, 0.6) is 0 Å². The fourth-order valence-corrected chi connectivity index (χ4v) is 3.22. The van der Waals surface area contributed by atoms with Crippen LogP contribution in [0.1, 0.15) is 44.5 Å². The largest absolute Gasteiger partial charge is 0.481 e. The number of carboxylic acid groups (broad SMARTS) is 1. The van der Waals surface area contributed by atoms with Gasteiger partial charge in [-0.2, -0.15) is 0 Å². The molecule has 6 nitrogen and oxygen atoms in total. The second-order valence-electron chi connectivity index (χ2n) is 6.55. The van der Waals surface area contributed by atoms with E-state index in [2.05, 4.69) is 10.3 Å².